The molecule has 18 heavy (non-hydrogen) atoms. The van der Waals surface area contributed by atoms with Crippen molar-refractivity contribution in [3.63, 3.8) is 0 Å². The average molecular weight is 249 g/mol. The van der Waals surface area contributed by atoms with Crippen LogP contribution in [0, 0.1) is 6.92 Å². The minimum atomic E-state index is -0.0233. The molecule has 1 aromatic rings. The zero-order valence-electron chi connectivity index (χ0n) is 10.8. The normalized spacial score (nSPS) is 14.4. The van der Waals surface area contributed by atoms with E-state index in [1.54, 1.807) is 18.1 Å². The molecule has 0 spiro atoms. The molecular weight excluding hydrogens is 230 g/mol. The Hall–Kier alpha value is -1.55. The lowest BCUT2D eigenvalue weighted by Gasteiger charge is -2.21. The molecule has 1 N–H and O–H groups in total. The standard InChI is InChI=1S/C14H19NO3/c1-10-3-4-11(9-13(10)18-2)14(17)15(7-8-16)12-5-6-12/h3-4,9,12,16H,5-8H2,1-2H3. The summed E-state index contributed by atoms with van der Waals surface area (Å²) in [4.78, 5) is 14.1. The van der Waals surface area contributed by atoms with E-state index in [1.165, 1.54) is 0 Å². The molecular formula is C14H19NO3. The van der Waals surface area contributed by atoms with Crippen molar-refractivity contribution in [2.24, 2.45) is 0 Å². The number of hydrogen-bond acceptors (Lipinski definition) is 3. The van der Waals surface area contributed by atoms with Gasteiger partial charge in [0.25, 0.3) is 5.91 Å². The summed E-state index contributed by atoms with van der Waals surface area (Å²) in [5, 5.41) is 9.04. The number of carbonyl (C=O) groups is 1. The van der Waals surface area contributed by atoms with Gasteiger partial charge in [-0.3, -0.25) is 4.79 Å². The van der Waals surface area contributed by atoms with Crippen LogP contribution in [-0.2, 0) is 0 Å². The molecule has 0 aromatic heterocycles. The molecule has 0 heterocycles. The van der Waals surface area contributed by atoms with Gasteiger partial charge in [0.05, 0.1) is 13.7 Å². The van der Waals surface area contributed by atoms with Crippen molar-refractivity contribution in [3.8, 4) is 5.75 Å². The highest BCUT2D eigenvalue weighted by molar-refractivity contribution is 5.95. The second-order valence-electron chi connectivity index (χ2n) is 4.64. The molecule has 0 bridgehead atoms. The van der Waals surface area contributed by atoms with Gasteiger partial charge in [-0.15, -0.1) is 0 Å². The predicted molar refractivity (Wildman–Crippen MR) is 68.9 cm³/mol. The molecule has 4 heteroatoms. The number of nitrogens with zero attached hydrogens (tertiary/aromatic N) is 1. The third-order valence-corrected chi connectivity index (χ3v) is 3.24. The van der Waals surface area contributed by atoms with Crippen LogP contribution in [0.25, 0.3) is 0 Å². The van der Waals surface area contributed by atoms with Crippen LogP contribution >= 0.6 is 0 Å². The van der Waals surface area contributed by atoms with Gasteiger partial charge in [-0.2, -0.15) is 0 Å². The van der Waals surface area contributed by atoms with Crippen molar-refractivity contribution >= 4 is 5.91 Å². The Morgan fingerprint density at radius 3 is 2.78 bits per heavy atom. The molecule has 2 rings (SSSR count). The Balaban J connectivity index is 2.21. The fraction of sp³-hybridized carbons (Fsp3) is 0.500. The number of amides is 1. The van der Waals surface area contributed by atoms with Crippen LogP contribution in [0.15, 0.2) is 18.2 Å². The SMILES string of the molecule is COc1cc(C(=O)N(CCO)C2CC2)ccc1C. The summed E-state index contributed by atoms with van der Waals surface area (Å²) in [6.07, 6.45) is 2.07. The first-order valence-corrected chi connectivity index (χ1v) is 6.24. The number of methoxy groups -OCH3 is 1. The predicted octanol–water partition coefficient (Wildman–Crippen LogP) is 1.60. The van der Waals surface area contributed by atoms with Crippen LogP contribution in [0.1, 0.15) is 28.8 Å². The highest BCUT2D eigenvalue weighted by Crippen LogP contribution is 2.29. The number of benzene rings is 1. The first-order valence-electron chi connectivity index (χ1n) is 6.24. The lowest BCUT2D eigenvalue weighted by atomic mass is 10.1. The van der Waals surface area contributed by atoms with Crippen LogP contribution in [0.4, 0.5) is 0 Å². The third-order valence-electron chi connectivity index (χ3n) is 3.24. The van der Waals surface area contributed by atoms with Gasteiger partial charge < -0.3 is 14.7 Å². The fourth-order valence-electron chi connectivity index (χ4n) is 2.06. The molecule has 0 aliphatic heterocycles. The summed E-state index contributed by atoms with van der Waals surface area (Å²) in [7, 11) is 1.60. The van der Waals surface area contributed by atoms with Crippen LogP contribution in [0.5, 0.6) is 5.75 Å². The summed E-state index contributed by atoms with van der Waals surface area (Å²) in [5.41, 5.74) is 1.63. The maximum atomic E-state index is 12.4. The number of aliphatic hydroxyl groups is 1. The van der Waals surface area contributed by atoms with Crippen molar-refractivity contribution in [3.05, 3.63) is 29.3 Å². The van der Waals surface area contributed by atoms with Crippen LogP contribution < -0.4 is 4.74 Å². The second-order valence-corrected chi connectivity index (χ2v) is 4.64. The van der Waals surface area contributed by atoms with Gasteiger partial charge in [-0.25, -0.2) is 0 Å². The second kappa shape index (κ2) is 5.40. The van der Waals surface area contributed by atoms with Gasteiger partial charge in [-0.05, 0) is 37.5 Å². The minimum Gasteiger partial charge on any atom is -0.496 e. The van der Waals surface area contributed by atoms with Gasteiger partial charge in [0, 0.05) is 18.2 Å². The number of hydrogen-bond donors (Lipinski definition) is 1. The van der Waals surface area contributed by atoms with Gasteiger partial charge in [0.1, 0.15) is 5.75 Å². The maximum Gasteiger partial charge on any atom is 0.254 e. The van der Waals surface area contributed by atoms with Crippen LogP contribution in [-0.4, -0.2) is 42.2 Å². The molecule has 0 atom stereocenters. The van der Waals surface area contributed by atoms with E-state index in [0.29, 0.717) is 18.2 Å². The van der Waals surface area contributed by atoms with Gasteiger partial charge in [0.2, 0.25) is 0 Å². The van der Waals surface area contributed by atoms with Crippen molar-refractivity contribution in [1.82, 2.24) is 4.90 Å². The number of aliphatic hydroxyl groups excluding tert-OH is 1. The lowest BCUT2D eigenvalue weighted by molar-refractivity contribution is 0.0707. The topological polar surface area (TPSA) is 49.8 Å². The first-order chi connectivity index (χ1) is 8.67. The van der Waals surface area contributed by atoms with Crippen molar-refractivity contribution < 1.29 is 14.6 Å². The number of aryl methyl sites for hydroxylation is 1. The fourth-order valence-corrected chi connectivity index (χ4v) is 2.06. The molecule has 1 aliphatic rings. The van der Waals surface area contributed by atoms with E-state index < -0.39 is 0 Å². The van der Waals surface area contributed by atoms with Crippen LogP contribution in [0.2, 0.25) is 0 Å². The van der Waals surface area contributed by atoms with Gasteiger partial charge >= 0.3 is 0 Å². The molecule has 4 nitrogen and oxygen atoms in total. The maximum absolute atomic E-state index is 12.4. The van der Waals surface area contributed by atoms with E-state index in [1.807, 2.05) is 19.1 Å². The van der Waals surface area contributed by atoms with Gasteiger partial charge in [0.15, 0.2) is 0 Å². The summed E-state index contributed by atoms with van der Waals surface area (Å²) in [6.45, 7) is 2.35. The van der Waals surface area contributed by atoms with Crippen molar-refractivity contribution in [2.45, 2.75) is 25.8 Å². The highest BCUT2D eigenvalue weighted by atomic mass is 16.5. The molecule has 1 fully saturated rings. The molecule has 1 amide bonds. The quantitative estimate of drug-likeness (QED) is 0.862. The Morgan fingerprint density at radius 1 is 1.50 bits per heavy atom. The smallest absolute Gasteiger partial charge is 0.254 e. The number of carbonyl (C=O) groups excluding carboxylic acids is 1. The Kier molecular flexibility index (Phi) is 3.87. The number of rotatable bonds is 5. The molecule has 1 aromatic carbocycles. The Morgan fingerprint density at radius 2 is 2.22 bits per heavy atom. The lowest BCUT2D eigenvalue weighted by Crippen LogP contribution is -2.35. The largest absolute Gasteiger partial charge is 0.496 e. The molecule has 98 valence electrons. The first kappa shape index (κ1) is 12.9. The molecule has 0 radical (unpaired) electrons. The Labute approximate surface area is 107 Å². The molecule has 1 aliphatic carbocycles. The van der Waals surface area contributed by atoms with Crippen molar-refractivity contribution in [2.75, 3.05) is 20.3 Å². The molecule has 0 saturated heterocycles. The van der Waals surface area contributed by atoms with Crippen LogP contribution in [0.3, 0.4) is 0 Å². The van der Waals surface area contributed by atoms with E-state index in [9.17, 15) is 4.79 Å². The molecule has 0 unspecified atom stereocenters. The zero-order chi connectivity index (χ0) is 13.1. The molecule has 1 saturated carbocycles. The third kappa shape index (κ3) is 2.64. The van der Waals surface area contributed by atoms with Crippen molar-refractivity contribution in [1.29, 1.82) is 0 Å². The van der Waals surface area contributed by atoms with E-state index in [2.05, 4.69) is 0 Å². The van der Waals surface area contributed by atoms with Gasteiger partial charge in [-0.1, -0.05) is 6.07 Å². The number of ether oxygens (including phenoxy) is 1. The summed E-state index contributed by atoms with van der Waals surface area (Å²) in [6, 6.07) is 5.77. The van der Waals surface area contributed by atoms with E-state index in [0.717, 1.165) is 24.2 Å². The summed E-state index contributed by atoms with van der Waals surface area (Å²) >= 11 is 0. The highest BCUT2D eigenvalue weighted by Gasteiger charge is 2.32. The monoisotopic (exact) mass is 249 g/mol. The zero-order valence-corrected chi connectivity index (χ0v) is 10.8. The average Bonchev–Trinajstić information content (AvgIpc) is 3.20. The van der Waals surface area contributed by atoms with E-state index in [4.69, 9.17) is 9.84 Å². The minimum absolute atomic E-state index is 0.00519. The van der Waals surface area contributed by atoms with E-state index >= 15 is 0 Å². The summed E-state index contributed by atoms with van der Waals surface area (Å²) < 4.78 is 5.23. The van der Waals surface area contributed by atoms with E-state index in [-0.39, 0.29) is 12.5 Å². The Bertz CT molecular complexity index is 441. The summed E-state index contributed by atoms with van der Waals surface area (Å²) in [5.74, 6) is 0.699.